The van der Waals surface area contributed by atoms with Crippen LogP contribution in [-0.2, 0) is 12.8 Å². The van der Waals surface area contributed by atoms with Gasteiger partial charge in [-0.25, -0.2) is 0 Å². The van der Waals surface area contributed by atoms with Gasteiger partial charge in [0.1, 0.15) is 0 Å². The maximum absolute atomic E-state index is 3.62. The van der Waals surface area contributed by atoms with Crippen molar-refractivity contribution >= 4 is 27.7 Å². The molecule has 0 N–H and O–H groups in total. The molecule has 0 aliphatic heterocycles. The number of hydrogen-bond acceptors (Lipinski definition) is 1. The van der Waals surface area contributed by atoms with E-state index in [4.69, 9.17) is 0 Å². The molecule has 0 aliphatic rings. The molecule has 0 fully saturated rings. The van der Waals surface area contributed by atoms with Crippen molar-refractivity contribution < 1.29 is 0 Å². The van der Waals surface area contributed by atoms with E-state index in [1.807, 2.05) is 11.8 Å². The molecule has 3 rings (SSSR count). The molecule has 2 heteroatoms. The summed E-state index contributed by atoms with van der Waals surface area (Å²) in [5.74, 6) is 1.36. The first kappa shape index (κ1) is 22.2. The van der Waals surface area contributed by atoms with Gasteiger partial charge >= 0.3 is 0 Å². The predicted molar refractivity (Wildman–Crippen MR) is 132 cm³/mol. The van der Waals surface area contributed by atoms with Gasteiger partial charge in [0, 0.05) is 9.37 Å². The molecule has 0 radical (unpaired) electrons. The summed E-state index contributed by atoms with van der Waals surface area (Å²) in [6.07, 6.45) is 2.27. The van der Waals surface area contributed by atoms with Crippen LogP contribution in [0.1, 0.15) is 55.2 Å². The largest absolute Gasteiger partial charge is 0.113 e. The summed E-state index contributed by atoms with van der Waals surface area (Å²) in [6.45, 7) is 9.11. The Balaban J connectivity index is 1.91. The summed E-state index contributed by atoms with van der Waals surface area (Å²) in [5, 5.41) is 0.283. The summed E-state index contributed by atoms with van der Waals surface area (Å²) in [7, 11) is 0. The SMILES string of the molecule is CC(C)Cc1ccc(C(Sc2cccc(Br)c2)c2ccc(CC(C)C)cc2)cc1. The van der Waals surface area contributed by atoms with Crippen LogP contribution >= 0.6 is 27.7 Å². The van der Waals surface area contributed by atoms with Gasteiger partial charge in [0.25, 0.3) is 0 Å². The highest BCUT2D eigenvalue weighted by Crippen LogP contribution is 2.41. The van der Waals surface area contributed by atoms with E-state index in [-0.39, 0.29) is 5.25 Å². The Morgan fingerprint density at radius 1 is 0.690 bits per heavy atom. The minimum absolute atomic E-state index is 0.283. The second-order valence-corrected chi connectivity index (χ2v) is 10.7. The summed E-state index contributed by atoms with van der Waals surface area (Å²) >= 11 is 5.53. The van der Waals surface area contributed by atoms with Gasteiger partial charge in [0.2, 0.25) is 0 Å². The first-order chi connectivity index (χ1) is 13.9. The minimum Gasteiger partial charge on any atom is -0.113 e. The quantitative estimate of drug-likeness (QED) is 0.299. The fraction of sp³-hybridized carbons (Fsp3) is 0.333. The molecule has 0 heterocycles. The van der Waals surface area contributed by atoms with E-state index in [0.29, 0.717) is 11.8 Å². The van der Waals surface area contributed by atoms with Gasteiger partial charge < -0.3 is 0 Å². The van der Waals surface area contributed by atoms with Crippen molar-refractivity contribution in [1.29, 1.82) is 0 Å². The van der Waals surface area contributed by atoms with E-state index in [1.165, 1.54) is 27.1 Å². The van der Waals surface area contributed by atoms with Gasteiger partial charge in [0.05, 0.1) is 5.25 Å². The van der Waals surface area contributed by atoms with Gasteiger partial charge in [-0.15, -0.1) is 11.8 Å². The van der Waals surface area contributed by atoms with Crippen LogP contribution in [0.2, 0.25) is 0 Å². The topological polar surface area (TPSA) is 0 Å². The monoisotopic (exact) mass is 466 g/mol. The highest BCUT2D eigenvalue weighted by Gasteiger charge is 2.16. The molecule has 0 aromatic heterocycles. The van der Waals surface area contributed by atoms with Crippen molar-refractivity contribution in [2.45, 2.75) is 50.7 Å². The maximum atomic E-state index is 3.62. The molecule has 0 atom stereocenters. The minimum atomic E-state index is 0.283. The molecule has 3 aromatic rings. The third kappa shape index (κ3) is 6.76. The molecule has 0 aliphatic carbocycles. The average molecular weight is 468 g/mol. The molecule has 0 amide bonds. The Bertz CT molecular complexity index is 841. The molecule has 29 heavy (non-hydrogen) atoms. The molecular formula is C27H31BrS. The van der Waals surface area contributed by atoms with E-state index >= 15 is 0 Å². The molecule has 0 saturated heterocycles. The van der Waals surface area contributed by atoms with Crippen molar-refractivity contribution in [2.75, 3.05) is 0 Å². The Morgan fingerprint density at radius 2 is 1.17 bits per heavy atom. The van der Waals surface area contributed by atoms with Gasteiger partial charge in [-0.1, -0.05) is 98.2 Å². The van der Waals surface area contributed by atoms with Crippen molar-refractivity contribution in [3.8, 4) is 0 Å². The van der Waals surface area contributed by atoms with Crippen LogP contribution in [-0.4, -0.2) is 0 Å². The Hall–Kier alpha value is -1.51. The summed E-state index contributed by atoms with van der Waals surface area (Å²) in [5.41, 5.74) is 5.56. The third-order valence-corrected chi connectivity index (χ3v) is 6.70. The van der Waals surface area contributed by atoms with Crippen molar-refractivity contribution in [2.24, 2.45) is 11.8 Å². The van der Waals surface area contributed by atoms with E-state index in [2.05, 4.69) is 116 Å². The van der Waals surface area contributed by atoms with Crippen LogP contribution < -0.4 is 0 Å². The van der Waals surface area contributed by atoms with Gasteiger partial charge in [-0.05, 0) is 65.1 Å². The average Bonchev–Trinajstić information content (AvgIpc) is 2.67. The van der Waals surface area contributed by atoms with Crippen LogP contribution in [0, 0.1) is 11.8 Å². The number of halogens is 1. The number of thioether (sulfide) groups is 1. The van der Waals surface area contributed by atoms with Crippen molar-refractivity contribution in [3.63, 3.8) is 0 Å². The molecule has 0 nitrogen and oxygen atoms in total. The highest BCUT2D eigenvalue weighted by molar-refractivity contribution is 9.10. The zero-order chi connectivity index (χ0) is 20.8. The number of benzene rings is 3. The van der Waals surface area contributed by atoms with E-state index in [1.54, 1.807) is 0 Å². The second-order valence-electron chi connectivity index (χ2n) is 8.63. The molecule has 0 unspecified atom stereocenters. The standard InChI is InChI=1S/C27H31BrS/c1-19(2)16-21-8-12-23(13-9-21)27(29-26-7-5-6-25(28)18-26)24-14-10-22(11-15-24)17-20(3)4/h5-15,18-20,27H,16-17H2,1-4H3. The smallest absolute Gasteiger partial charge is 0.0593 e. The summed E-state index contributed by atoms with van der Waals surface area (Å²) in [6, 6.07) is 27.1. The Labute approximate surface area is 189 Å². The van der Waals surface area contributed by atoms with E-state index in [9.17, 15) is 0 Å². The predicted octanol–water partition coefficient (Wildman–Crippen LogP) is 8.73. The number of rotatable bonds is 8. The first-order valence-corrected chi connectivity index (χ1v) is 12.2. The normalized spacial score (nSPS) is 11.6. The lowest BCUT2D eigenvalue weighted by Crippen LogP contribution is -2.00. The number of hydrogen-bond donors (Lipinski definition) is 0. The van der Waals surface area contributed by atoms with Crippen LogP contribution in [0.15, 0.2) is 82.2 Å². The Kier molecular flexibility index (Phi) is 8.03. The summed E-state index contributed by atoms with van der Waals surface area (Å²) < 4.78 is 1.13. The summed E-state index contributed by atoms with van der Waals surface area (Å²) in [4.78, 5) is 1.28. The maximum Gasteiger partial charge on any atom is 0.0593 e. The Morgan fingerprint density at radius 3 is 1.59 bits per heavy atom. The van der Waals surface area contributed by atoms with Gasteiger partial charge in [-0.2, -0.15) is 0 Å². The second kappa shape index (κ2) is 10.5. The molecule has 0 bridgehead atoms. The van der Waals surface area contributed by atoms with Crippen molar-refractivity contribution in [3.05, 3.63) is 99.5 Å². The molecule has 0 saturated carbocycles. The van der Waals surface area contributed by atoms with Gasteiger partial charge in [-0.3, -0.25) is 0 Å². The molecule has 152 valence electrons. The van der Waals surface area contributed by atoms with Crippen molar-refractivity contribution in [1.82, 2.24) is 0 Å². The lowest BCUT2D eigenvalue weighted by molar-refractivity contribution is 0.647. The molecular weight excluding hydrogens is 436 g/mol. The van der Waals surface area contributed by atoms with E-state index in [0.717, 1.165) is 17.3 Å². The van der Waals surface area contributed by atoms with E-state index < -0.39 is 0 Å². The molecule has 0 spiro atoms. The van der Waals surface area contributed by atoms with Gasteiger partial charge in [0.15, 0.2) is 0 Å². The first-order valence-electron chi connectivity index (χ1n) is 10.5. The zero-order valence-corrected chi connectivity index (χ0v) is 20.3. The van der Waals surface area contributed by atoms with Crippen LogP contribution in [0.3, 0.4) is 0 Å². The van der Waals surface area contributed by atoms with Crippen LogP contribution in [0.5, 0.6) is 0 Å². The van der Waals surface area contributed by atoms with Crippen LogP contribution in [0.4, 0.5) is 0 Å². The molecule has 3 aromatic carbocycles. The highest BCUT2D eigenvalue weighted by atomic mass is 79.9. The zero-order valence-electron chi connectivity index (χ0n) is 17.9. The fourth-order valence-corrected chi connectivity index (χ4v) is 5.37. The lowest BCUT2D eigenvalue weighted by Gasteiger charge is -2.19. The van der Waals surface area contributed by atoms with Crippen LogP contribution in [0.25, 0.3) is 0 Å². The lowest BCUT2D eigenvalue weighted by atomic mass is 9.97. The fourth-order valence-electron chi connectivity index (χ4n) is 3.60. The third-order valence-electron chi connectivity index (χ3n) is 4.90.